The van der Waals surface area contributed by atoms with Gasteiger partial charge in [-0.3, -0.25) is 33.6 Å². The van der Waals surface area contributed by atoms with Crippen LogP contribution in [0.25, 0.3) is 0 Å². The number of amides is 5. The van der Waals surface area contributed by atoms with Crippen molar-refractivity contribution >= 4 is 124 Å². The van der Waals surface area contributed by atoms with Gasteiger partial charge in [-0.15, -0.1) is 0 Å². The Morgan fingerprint density at radius 2 is 0.870 bits per heavy atom. The molecule has 3 heterocycles. The zero-order valence-corrected chi connectivity index (χ0v) is 57.9. The van der Waals surface area contributed by atoms with Crippen LogP contribution in [0.2, 0.25) is 15.1 Å². The number of aryl methyl sites for hydroxylation is 3. The first kappa shape index (κ1) is 53.7. The minimum atomic E-state index is -2.97. The molecule has 3 aliphatic heterocycles. The quantitative estimate of drug-likeness (QED) is 0.0708. The fourth-order valence-corrected chi connectivity index (χ4v) is 11.3. The van der Waals surface area contributed by atoms with Gasteiger partial charge < -0.3 is 42.7 Å². The van der Waals surface area contributed by atoms with Gasteiger partial charge in [-0.05, 0) is 228 Å². The van der Waals surface area contributed by atoms with Gasteiger partial charge >= 0.3 is 35.5 Å². The number of aromatic carboxylic acids is 1. The molecule has 16 nitrogen and oxygen atoms in total. The summed E-state index contributed by atoms with van der Waals surface area (Å²) in [4.78, 5) is 107. The van der Waals surface area contributed by atoms with Crippen LogP contribution in [0, 0.1) is 41.3 Å². The number of nitrogens with zero attached hydrogens (tertiary/aromatic N) is 3. The molecule has 1 unspecified atom stereocenters. The van der Waals surface area contributed by atoms with Crippen molar-refractivity contribution in [3.05, 3.63) is 280 Å². The second-order valence-corrected chi connectivity index (χ2v) is 23.5. The minimum absolute atomic E-state index is 0. The van der Waals surface area contributed by atoms with Gasteiger partial charge in [0.2, 0.25) is 0 Å². The van der Waals surface area contributed by atoms with Crippen LogP contribution in [0.15, 0.2) is 182 Å². The summed E-state index contributed by atoms with van der Waals surface area (Å²) in [5, 5.41) is 25.7. The van der Waals surface area contributed by atoms with Crippen LogP contribution in [-0.4, -0.2) is 85.3 Å². The number of carboxylic acids is 1. The van der Waals surface area contributed by atoms with Crippen molar-refractivity contribution in [2.45, 2.75) is 93.4 Å². The van der Waals surface area contributed by atoms with E-state index in [9.17, 15) is 43.5 Å². The van der Waals surface area contributed by atoms with Crippen LogP contribution in [0.3, 0.4) is 0 Å². The Morgan fingerprint density at radius 3 is 1.29 bits per heavy atom. The van der Waals surface area contributed by atoms with Crippen LogP contribution >= 0.6 is 34.8 Å². The van der Waals surface area contributed by atoms with Crippen LogP contribution in [0.1, 0.15) is 204 Å². The van der Waals surface area contributed by atoms with E-state index in [1.807, 2.05) is 6.92 Å². The number of carbonyl (C=O) groups is 8. The van der Waals surface area contributed by atoms with E-state index in [4.69, 9.17) is 74.4 Å². The first-order valence-corrected chi connectivity index (χ1v) is 31.0. The molecule has 9 aromatic carbocycles. The van der Waals surface area contributed by atoms with Gasteiger partial charge in [0.1, 0.15) is 0 Å². The van der Waals surface area contributed by atoms with E-state index in [1.165, 1.54) is 41.3 Å². The Morgan fingerprint density at radius 1 is 0.500 bits per heavy atom. The van der Waals surface area contributed by atoms with Gasteiger partial charge in [0.05, 0.1) is 39.5 Å². The Bertz CT molecular complexity index is 5650. The molecule has 12 rings (SSSR count). The SMILES string of the molecule is C.Cc1cc(N)ccc1C(=O)N1CCCC(=O)c2cc(Cl)ccc21.[2H]c1c([2H])c([2H])c(C([2H])([2H])[2H])c(C(=O)Nc2ccc(C(=O)N3CCCC(=O)c4cc(Cl)ccc43)c(C)c2)c1[2H].[2H]c1c([2H])c([2H])c(C([2H])([2H])[2H])c(C(=O)Nc2ccc(C(=O)N3CCCC(O)c4cc(Cl)ccc43)c(C)c2)c1[2H].[2H]c1c([2H])c([2H])c(C([2H])([2H])[2H])c(C(=O)O)c1[2H].[B].[H-].[Na+]. The number of benzene rings is 9. The summed E-state index contributed by atoms with van der Waals surface area (Å²) >= 11 is 18.2. The number of carbonyl (C=O) groups excluding carboxylic acids is 7. The van der Waals surface area contributed by atoms with E-state index in [-0.39, 0.29) is 93.9 Å². The molecule has 1 atom stereocenters. The molecule has 9 aromatic rings. The van der Waals surface area contributed by atoms with E-state index in [2.05, 4.69) is 10.6 Å². The molecule has 100 heavy (non-hydrogen) atoms. The molecular formula is C79H78BCl3N6NaO10. The van der Waals surface area contributed by atoms with E-state index in [0.717, 1.165) is 5.56 Å². The first-order valence-electron chi connectivity index (χ1n) is 40.3. The molecule has 5 amide bonds. The molecule has 0 aliphatic carbocycles. The van der Waals surface area contributed by atoms with Crippen molar-refractivity contribution in [3.63, 3.8) is 0 Å². The van der Waals surface area contributed by atoms with Crippen molar-refractivity contribution in [3.8, 4) is 0 Å². The number of anilines is 6. The average Bonchev–Trinajstić information content (AvgIpc) is 1.16. The molecule has 0 saturated heterocycles. The monoisotopic (exact) mass is 1430 g/mol. The van der Waals surface area contributed by atoms with Gasteiger partial charge in [0.25, 0.3) is 29.5 Å². The molecule has 0 bridgehead atoms. The largest absolute Gasteiger partial charge is 1.00 e. The molecule has 509 valence electrons. The summed E-state index contributed by atoms with van der Waals surface area (Å²) in [6.45, 7) is -2.47. The molecule has 0 aromatic heterocycles. The van der Waals surface area contributed by atoms with Crippen molar-refractivity contribution in [2.75, 3.05) is 50.7 Å². The Balaban J connectivity index is 0.000000300. The predicted molar refractivity (Wildman–Crippen MR) is 399 cm³/mol. The number of rotatable bonds is 8. The Hall–Kier alpha value is -9.17. The predicted octanol–water partition coefficient (Wildman–Crippen LogP) is 14.4. The fourth-order valence-electron chi connectivity index (χ4n) is 10.8. The third-order valence-corrected chi connectivity index (χ3v) is 16.3. The molecule has 0 spiro atoms. The van der Waals surface area contributed by atoms with Crippen LogP contribution in [0.4, 0.5) is 34.1 Å². The van der Waals surface area contributed by atoms with Gasteiger partial charge in [-0.2, -0.15) is 0 Å². The molecule has 21 heteroatoms. The molecule has 3 aliphatic rings. The van der Waals surface area contributed by atoms with Crippen molar-refractivity contribution in [2.24, 2.45) is 0 Å². The summed E-state index contributed by atoms with van der Waals surface area (Å²) in [6.07, 6.45) is 2.08. The van der Waals surface area contributed by atoms with Crippen LogP contribution < -0.4 is 60.6 Å². The van der Waals surface area contributed by atoms with E-state index >= 15 is 0 Å². The zero-order chi connectivity index (χ0) is 87.7. The second-order valence-electron chi connectivity index (χ2n) is 22.2. The van der Waals surface area contributed by atoms with E-state index < -0.39 is 150 Å². The standard InChI is InChI=1S/C26H25ClN2O3.C26H23ClN2O3.C18H17ClN2O2.C8H8O2.CH4.B.Na.H/c2*1-16-6-3-4-7-20(16)25(31)28-19-10-11-21(17(2)14-19)26(32)29-13-5-8-24(30)22-15-18(27)9-12-23(22)29;1-11-9-13(20)5-6-14(11)18(23)21-8-2-3-17(22)15-10-12(19)4-7-16(15)21;1-6-4-2-3-5-7(6)8(9)10;;;;/h3-4,6-7,9-12,14-15,24,30H,5,8,13H2,1-2H3,(H,28,31);3-4,6-7,9-12,14-15H,5,8,13H2,1-2H3,(H,28,31);4-7,9-10H,2-3,8,20H2,1H3;2-5H,1H3,(H,9,10);1H4;;;/q;;;;;;+1;-1/i2*1D3,3D,4D,6D,7D;;1D3,2D,3D,4D,5D;;;;. The zero-order valence-electron chi connectivity index (χ0n) is 75.6. The molecular weight excluding hydrogens is 1330 g/mol. The minimum Gasteiger partial charge on any atom is -1.00 e. The van der Waals surface area contributed by atoms with E-state index in [1.54, 1.807) is 96.4 Å². The fraction of sp³-hybridized carbons (Fsp3) is 0.215. The molecule has 6 N–H and O–H groups in total. The summed E-state index contributed by atoms with van der Waals surface area (Å²) in [6, 6.07) is 19.7. The van der Waals surface area contributed by atoms with Gasteiger partial charge in [0, 0.05) is 136 Å². The smallest absolute Gasteiger partial charge is 1.00 e. The molecule has 0 fully saturated rings. The number of hydrogen-bond acceptors (Lipinski definition) is 10. The maximum atomic E-state index is 13.6. The topological polar surface area (TPSA) is 237 Å². The second kappa shape index (κ2) is 36.3. The molecule has 0 saturated carbocycles. The number of halogens is 3. The van der Waals surface area contributed by atoms with Crippen molar-refractivity contribution < 1.29 is 108 Å². The maximum Gasteiger partial charge on any atom is 1.00 e. The van der Waals surface area contributed by atoms with Gasteiger partial charge in [0.15, 0.2) is 11.6 Å². The summed E-state index contributed by atoms with van der Waals surface area (Å²) in [5.74, 6) is -4.61. The number of Topliss-reactive ketones (excluding diaryl/α,β-unsaturated/α-hetero) is 2. The number of nitrogens with two attached hydrogens (primary N) is 1. The number of ketones is 2. The Kier molecular flexibility index (Phi) is 19.5. The summed E-state index contributed by atoms with van der Waals surface area (Å²) in [7, 11) is 0. The van der Waals surface area contributed by atoms with Crippen LogP contribution in [0.5, 0.6) is 0 Å². The third kappa shape index (κ3) is 19.4. The third-order valence-electron chi connectivity index (χ3n) is 15.5. The number of nitrogens with one attached hydrogen (secondary N) is 2. The number of fused-ring (bicyclic) bond motifs is 3. The summed E-state index contributed by atoms with van der Waals surface area (Å²) in [5.41, 5.74) is 8.25. The number of nitrogen functional groups attached to an aromatic ring is 1. The number of aliphatic hydroxyl groups is 1. The number of hydrogen-bond donors (Lipinski definition) is 5. The normalized spacial score (nSPS) is 16.9. The first-order chi connectivity index (χ1) is 55.0. The van der Waals surface area contributed by atoms with Crippen molar-refractivity contribution in [1.29, 1.82) is 0 Å². The number of aliphatic hydroxyl groups excluding tert-OH is 1. The Labute approximate surface area is 653 Å². The molecule has 3 radical (unpaired) electrons. The van der Waals surface area contributed by atoms with Crippen LogP contribution in [-0.2, 0) is 0 Å². The number of carboxylic acid groups (broad SMARTS) is 1. The maximum absolute atomic E-state index is 13.6. The van der Waals surface area contributed by atoms with E-state index in [0.29, 0.717) is 134 Å². The van der Waals surface area contributed by atoms with Gasteiger partial charge in [-0.1, -0.05) is 96.6 Å². The van der Waals surface area contributed by atoms with Gasteiger partial charge in [-0.25, -0.2) is 4.79 Å². The van der Waals surface area contributed by atoms with Crippen molar-refractivity contribution in [1.82, 2.24) is 0 Å². The summed E-state index contributed by atoms with van der Waals surface area (Å²) < 4.78 is 161. The average molecular weight is 1430 g/mol.